The van der Waals surface area contributed by atoms with Crippen LogP contribution < -0.4 is 10.2 Å². The SMILES string of the molecule is CCC(C)NC1(C#N)CCN(c2ccccc2)CC1. The average Bonchev–Trinajstić information content (AvgIpc) is 2.48. The number of rotatable bonds is 4. The summed E-state index contributed by atoms with van der Waals surface area (Å²) in [5.74, 6) is 0. The fourth-order valence-electron chi connectivity index (χ4n) is 2.65. The van der Waals surface area contributed by atoms with E-state index in [1.807, 2.05) is 6.07 Å². The Bertz CT molecular complexity index is 427. The van der Waals surface area contributed by atoms with Crippen LogP contribution in [0.4, 0.5) is 5.69 Å². The molecule has 0 saturated carbocycles. The van der Waals surface area contributed by atoms with Gasteiger partial charge in [-0.05, 0) is 38.3 Å². The first-order chi connectivity index (χ1) is 9.19. The molecule has 0 radical (unpaired) electrons. The summed E-state index contributed by atoms with van der Waals surface area (Å²) in [5, 5.41) is 13.0. The zero-order valence-corrected chi connectivity index (χ0v) is 11.9. The highest BCUT2D eigenvalue weighted by Gasteiger charge is 2.35. The van der Waals surface area contributed by atoms with Gasteiger partial charge in [-0.15, -0.1) is 0 Å². The van der Waals surface area contributed by atoms with Crippen LogP contribution in [0.1, 0.15) is 33.1 Å². The Hall–Kier alpha value is -1.53. The van der Waals surface area contributed by atoms with Crippen molar-refractivity contribution in [2.45, 2.75) is 44.7 Å². The number of para-hydroxylation sites is 1. The molecule has 1 unspecified atom stereocenters. The van der Waals surface area contributed by atoms with E-state index >= 15 is 0 Å². The van der Waals surface area contributed by atoms with Gasteiger partial charge < -0.3 is 4.90 Å². The fraction of sp³-hybridized carbons (Fsp3) is 0.562. The summed E-state index contributed by atoms with van der Waals surface area (Å²) in [7, 11) is 0. The minimum Gasteiger partial charge on any atom is -0.371 e. The van der Waals surface area contributed by atoms with E-state index in [1.54, 1.807) is 0 Å². The molecule has 1 aromatic carbocycles. The average molecular weight is 257 g/mol. The van der Waals surface area contributed by atoms with Crippen molar-refractivity contribution < 1.29 is 0 Å². The Balaban J connectivity index is 1.99. The minimum absolute atomic E-state index is 0.333. The third-order valence-electron chi connectivity index (χ3n) is 4.09. The monoisotopic (exact) mass is 257 g/mol. The van der Waals surface area contributed by atoms with Crippen LogP contribution in [0, 0.1) is 11.3 Å². The van der Waals surface area contributed by atoms with Gasteiger partial charge in [0.15, 0.2) is 0 Å². The van der Waals surface area contributed by atoms with Gasteiger partial charge in [-0.2, -0.15) is 5.26 Å². The maximum absolute atomic E-state index is 9.51. The highest BCUT2D eigenvalue weighted by molar-refractivity contribution is 5.46. The van der Waals surface area contributed by atoms with E-state index in [0.717, 1.165) is 32.4 Å². The second-order valence-corrected chi connectivity index (χ2v) is 5.47. The molecule has 0 amide bonds. The Kier molecular flexibility index (Phi) is 4.44. The maximum atomic E-state index is 9.51. The van der Waals surface area contributed by atoms with E-state index in [4.69, 9.17) is 0 Å². The standard InChI is InChI=1S/C16H23N3/c1-3-14(2)18-16(13-17)9-11-19(12-10-16)15-7-5-4-6-8-15/h4-8,14,18H,3,9-12H2,1-2H3. The van der Waals surface area contributed by atoms with Crippen molar-refractivity contribution in [1.29, 1.82) is 5.26 Å². The third-order valence-corrected chi connectivity index (χ3v) is 4.09. The fourth-order valence-corrected chi connectivity index (χ4v) is 2.65. The molecule has 0 spiro atoms. The van der Waals surface area contributed by atoms with Gasteiger partial charge in [0.1, 0.15) is 5.54 Å². The van der Waals surface area contributed by atoms with Crippen LogP contribution in [-0.2, 0) is 0 Å². The predicted molar refractivity (Wildman–Crippen MR) is 79.1 cm³/mol. The highest BCUT2D eigenvalue weighted by atomic mass is 15.2. The molecule has 1 aromatic rings. The Morgan fingerprint density at radius 3 is 2.47 bits per heavy atom. The minimum atomic E-state index is -0.333. The van der Waals surface area contributed by atoms with Gasteiger partial charge in [0, 0.05) is 24.8 Å². The van der Waals surface area contributed by atoms with Crippen LogP contribution in [0.3, 0.4) is 0 Å². The third kappa shape index (κ3) is 3.27. The van der Waals surface area contributed by atoms with E-state index in [9.17, 15) is 5.26 Å². The number of nitrogens with one attached hydrogen (secondary N) is 1. The predicted octanol–water partition coefficient (Wildman–Crippen LogP) is 2.94. The summed E-state index contributed by atoms with van der Waals surface area (Å²) in [4.78, 5) is 2.37. The van der Waals surface area contributed by atoms with Gasteiger partial charge in [-0.3, -0.25) is 5.32 Å². The van der Waals surface area contributed by atoms with Crippen molar-refractivity contribution in [1.82, 2.24) is 5.32 Å². The van der Waals surface area contributed by atoms with E-state index < -0.39 is 0 Å². The van der Waals surface area contributed by atoms with Gasteiger partial charge in [-0.1, -0.05) is 25.1 Å². The van der Waals surface area contributed by atoms with Crippen molar-refractivity contribution in [3.63, 3.8) is 0 Å². The van der Waals surface area contributed by atoms with Gasteiger partial charge in [0.25, 0.3) is 0 Å². The van der Waals surface area contributed by atoms with Crippen LogP contribution >= 0.6 is 0 Å². The van der Waals surface area contributed by atoms with Gasteiger partial charge in [-0.25, -0.2) is 0 Å². The second-order valence-electron chi connectivity index (χ2n) is 5.47. The molecule has 3 nitrogen and oxygen atoms in total. The lowest BCUT2D eigenvalue weighted by Gasteiger charge is -2.40. The molecule has 0 aromatic heterocycles. The van der Waals surface area contributed by atoms with Crippen molar-refractivity contribution in [3.05, 3.63) is 30.3 Å². The number of hydrogen-bond donors (Lipinski definition) is 1. The molecule has 1 aliphatic rings. The Labute approximate surface area is 116 Å². The lowest BCUT2D eigenvalue weighted by Crippen LogP contribution is -2.55. The summed E-state index contributed by atoms with van der Waals surface area (Å²) < 4.78 is 0. The topological polar surface area (TPSA) is 39.1 Å². The van der Waals surface area contributed by atoms with E-state index in [2.05, 4.69) is 54.4 Å². The van der Waals surface area contributed by atoms with Crippen LogP contribution in [0.2, 0.25) is 0 Å². The first kappa shape index (κ1) is 13.9. The molecule has 1 fully saturated rings. The smallest absolute Gasteiger partial charge is 0.110 e. The first-order valence-corrected chi connectivity index (χ1v) is 7.18. The zero-order valence-electron chi connectivity index (χ0n) is 11.9. The van der Waals surface area contributed by atoms with Crippen molar-refractivity contribution >= 4 is 5.69 Å². The molecule has 1 saturated heterocycles. The van der Waals surface area contributed by atoms with Crippen LogP contribution in [0.25, 0.3) is 0 Å². The molecule has 1 atom stereocenters. The van der Waals surface area contributed by atoms with Gasteiger partial charge >= 0.3 is 0 Å². The Morgan fingerprint density at radius 1 is 1.32 bits per heavy atom. The lowest BCUT2D eigenvalue weighted by molar-refractivity contribution is 0.298. The number of benzene rings is 1. The molecular weight excluding hydrogens is 234 g/mol. The normalized spacial score (nSPS) is 19.7. The molecule has 19 heavy (non-hydrogen) atoms. The van der Waals surface area contributed by atoms with Crippen LogP contribution in [-0.4, -0.2) is 24.7 Å². The molecular formula is C16H23N3. The van der Waals surface area contributed by atoms with Crippen LogP contribution in [0.5, 0.6) is 0 Å². The van der Waals surface area contributed by atoms with E-state index in [1.165, 1.54) is 5.69 Å². The first-order valence-electron chi connectivity index (χ1n) is 7.18. The van der Waals surface area contributed by atoms with Crippen molar-refractivity contribution in [3.8, 4) is 6.07 Å². The number of piperidine rings is 1. The number of hydrogen-bond acceptors (Lipinski definition) is 3. The molecule has 1 N–H and O–H groups in total. The van der Waals surface area contributed by atoms with Crippen LogP contribution in [0.15, 0.2) is 30.3 Å². The quantitative estimate of drug-likeness (QED) is 0.901. The van der Waals surface area contributed by atoms with Crippen molar-refractivity contribution in [2.75, 3.05) is 18.0 Å². The molecule has 3 heteroatoms. The van der Waals surface area contributed by atoms with Crippen molar-refractivity contribution in [2.24, 2.45) is 0 Å². The molecule has 1 aliphatic heterocycles. The Morgan fingerprint density at radius 2 is 1.95 bits per heavy atom. The summed E-state index contributed by atoms with van der Waals surface area (Å²) in [5.41, 5.74) is 0.929. The molecule has 2 rings (SSSR count). The van der Waals surface area contributed by atoms with E-state index in [0.29, 0.717) is 6.04 Å². The summed E-state index contributed by atoms with van der Waals surface area (Å²) in [6, 6.07) is 13.4. The summed E-state index contributed by atoms with van der Waals surface area (Å²) >= 11 is 0. The largest absolute Gasteiger partial charge is 0.371 e. The number of anilines is 1. The lowest BCUT2D eigenvalue weighted by atomic mass is 9.87. The number of nitriles is 1. The molecule has 102 valence electrons. The second kappa shape index (κ2) is 6.08. The summed E-state index contributed by atoms with van der Waals surface area (Å²) in [6.45, 7) is 6.20. The van der Waals surface area contributed by atoms with Gasteiger partial charge in [0.05, 0.1) is 6.07 Å². The van der Waals surface area contributed by atoms with Gasteiger partial charge in [0.2, 0.25) is 0 Å². The zero-order chi connectivity index (χ0) is 13.7. The highest BCUT2D eigenvalue weighted by Crippen LogP contribution is 2.26. The molecule has 0 aliphatic carbocycles. The van der Waals surface area contributed by atoms with E-state index in [-0.39, 0.29) is 5.54 Å². The molecule has 0 bridgehead atoms. The molecule has 1 heterocycles. The maximum Gasteiger partial charge on any atom is 0.110 e. The summed E-state index contributed by atoms with van der Waals surface area (Å²) in [6.07, 6.45) is 2.84. The number of nitrogens with zero attached hydrogens (tertiary/aromatic N) is 2.